The zero-order valence-corrected chi connectivity index (χ0v) is 22.5. The van der Waals surface area contributed by atoms with Crippen LogP contribution in [0.25, 0.3) is 0 Å². The van der Waals surface area contributed by atoms with Crippen LogP contribution in [0.3, 0.4) is 0 Å². The molecule has 4 fully saturated rings. The van der Waals surface area contributed by atoms with E-state index in [0.29, 0.717) is 30.6 Å². The van der Waals surface area contributed by atoms with Gasteiger partial charge < -0.3 is 15.3 Å². The summed E-state index contributed by atoms with van der Waals surface area (Å²) in [6.45, 7) is 15.9. The molecule has 3 N–H and O–H groups in total. The highest BCUT2D eigenvalue weighted by molar-refractivity contribution is 5.81. The first kappa shape index (κ1) is 24.8. The summed E-state index contributed by atoms with van der Waals surface area (Å²) in [5.74, 6) is 0.901. The molecule has 4 heteroatoms. The Bertz CT molecular complexity index is 907. The Labute approximate surface area is 206 Å². The van der Waals surface area contributed by atoms with E-state index < -0.39 is 29.0 Å². The molecular weight excluding hydrogens is 424 g/mol. The molecule has 0 radical (unpaired) electrons. The second-order valence-corrected chi connectivity index (χ2v) is 14.7. The van der Waals surface area contributed by atoms with Crippen LogP contribution in [0, 0.1) is 56.7 Å². The zero-order chi connectivity index (χ0) is 25.1. The van der Waals surface area contributed by atoms with Crippen LogP contribution in [-0.2, 0) is 4.79 Å². The van der Waals surface area contributed by atoms with Gasteiger partial charge in [0.25, 0.3) is 0 Å². The Balaban J connectivity index is 1.69. The van der Waals surface area contributed by atoms with Crippen molar-refractivity contribution >= 4 is 5.97 Å². The van der Waals surface area contributed by atoms with Crippen molar-refractivity contribution in [1.29, 1.82) is 0 Å². The maximum absolute atomic E-state index is 13.5. The van der Waals surface area contributed by atoms with Crippen molar-refractivity contribution in [1.82, 2.24) is 0 Å². The van der Waals surface area contributed by atoms with Gasteiger partial charge in [-0.25, -0.2) is 0 Å². The fourth-order valence-corrected chi connectivity index (χ4v) is 11.2. The van der Waals surface area contributed by atoms with Crippen LogP contribution in [0.15, 0.2) is 11.6 Å². The molecule has 0 aromatic carbocycles. The summed E-state index contributed by atoms with van der Waals surface area (Å²) >= 11 is 0. The predicted octanol–water partition coefficient (Wildman–Crippen LogP) is 6.06. The van der Waals surface area contributed by atoms with Crippen molar-refractivity contribution in [2.45, 2.75) is 112 Å². The molecule has 0 aliphatic heterocycles. The molecule has 5 aliphatic rings. The number of aliphatic hydroxyl groups is 2. The number of carboxylic acid groups (broad SMARTS) is 1. The van der Waals surface area contributed by atoms with Gasteiger partial charge in [-0.2, -0.15) is 0 Å². The fourth-order valence-electron chi connectivity index (χ4n) is 11.2. The second-order valence-electron chi connectivity index (χ2n) is 14.7. The van der Waals surface area contributed by atoms with Gasteiger partial charge in [0, 0.05) is 0 Å². The van der Waals surface area contributed by atoms with Gasteiger partial charge in [0.2, 0.25) is 0 Å². The molecule has 0 heterocycles. The van der Waals surface area contributed by atoms with E-state index in [1.807, 2.05) is 0 Å². The summed E-state index contributed by atoms with van der Waals surface area (Å²) in [5, 5.41) is 33.8. The van der Waals surface area contributed by atoms with Crippen molar-refractivity contribution in [3.63, 3.8) is 0 Å². The Hall–Kier alpha value is -0.870. The molecule has 3 unspecified atom stereocenters. The smallest absolute Gasteiger partial charge is 0.314 e. The number of carboxylic acids is 1. The Morgan fingerprint density at radius 3 is 2.29 bits per heavy atom. The van der Waals surface area contributed by atoms with E-state index in [4.69, 9.17) is 0 Å². The van der Waals surface area contributed by atoms with Crippen LogP contribution >= 0.6 is 0 Å². The minimum absolute atomic E-state index is 0.0231. The highest BCUT2D eigenvalue weighted by Gasteiger charge is 2.73. The van der Waals surface area contributed by atoms with E-state index in [1.165, 1.54) is 18.4 Å². The average molecular weight is 473 g/mol. The summed E-state index contributed by atoms with van der Waals surface area (Å²) < 4.78 is 0. The van der Waals surface area contributed by atoms with Gasteiger partial charge >= 0.3 is 5.97 Å². The standard InChI is InChI=1S/C30H48O4/c1-17-10-12-27(5)14-15-30(25(33)34)19(23(27)18(17)2)8-9-21-28(6)13-11-22(32)26(3,4)24(28)20(31)16-29(21,30)7/h8,17-18,20-24,31-32H,9-16H2,1-7H3,(H,33,34)/t17-,18+,20?,21-,22?,23+,24?,27-,28-,29-,30-/m1/s1. The lowest BCUT2D eigenvalue weighted by atomic mass is 9.32. The molecule has 192 valence electrons. The highest BCUT2D eigenvalue weighted by atomic mass is 16.4. The molecular formula is C30H48O4. The fraction of sp³-hybridized carbons (Fsp3) is 0.900. The lowest BCUT2D eigenvalue weighted by molar-refractivity contribution is -0.245. The molecule has 5 rings (SSSR count). The predicted molar refractivity (Wildman–Crippen MR) is 134 cm³/mol. The molecule has 34 heavy (non-hydrogen) atoms. The summed E-state index contributed by atoms with van der Waals surface area (Å²) in [7, 11) is 0. The van der Waals surface area contributed by atoms with E-state index in [-0.39, 0.29) is 28.1 Å². The van der Waals surface area contributed by atoms with E-state index in [9.17, 15) is 20.1 Å². The highest BCUT2D eigenvalue weighted by Crippen LogP contribution is 2.75. The summed E-state index contributed by atoms with van der Waals surface area (Å²) in [5.41, 5.74) is -0.584. The number of rotatable bonds is 1. The topological polar surface area (TPSA) is 77.8 Å². The third-order valence-electron chi connectivity index (χ3n) is 13.1. The summed E-state index contributed by atoms with van der Waals surface area (Å²) in [6, 6.07) is 0. The molecule has 0 saturated heterocycles. The molecule has 4 nitrogen and oxygen atoms in total. The first-order valence-corrected chi connectivity index (χ1v) is 14.0. The van der Waals surface area contributed by atoms with Gasteiger partial charge in [0.05, 0.1) is 17.6 Å². The minimum atomic E-state index is -0.902. The summed E-state index contributed by atoms with van der Waals surface area (Å²) in [6.07, 6.45) is 8.44. The first-order valence-electron chi connectivity index (χ1n) is 14.0. The van der Waals surface area contributed by atoms with Crippen molar-refractivity contribution in [2.75, 3.05) is 0 Å². The van der Waals surface area contributed by atoms with Crippen LogP contribution in [0.1, 0.15) is 99.8 Å². The third-order valence-corrected chi connectivity index (χ3v) is 13.1. The van der Waals surface area contributed by atoms with Gasteiger partial charge in [-0.3, -0.25) is 4.79 Å². The Morgan fingerprint density at radius 1 is 0.971 bits per heavy atom. The zero-order valence-electron chi connectivity index (χ0n) is 22.5. The Morgan fingerprint density at radius 2 is 1.65 bits per heavy atom. The number of aliphatic hydroxyl groups excluding tert-OH is 2. The Kier molecular flexibility index (Phi) is 5.36. The summed E-state index contributed by atoms with van der Waals surface area (Å²) in [4.78, 5) is 13.5. The van der Waals surface area contributed by atoms with Crippen molar-refractivity contribution < 1.29 is 20.1 Å². The normalized spacial score (nSPS) is 56.3. The minimum Gasteiger partial charge on any atom is -0.481 e. The van der Waals surface area contributed by atoms with Crippen LogP contribution in [-0.4, -0.2) is 33.5 Å². The average Bonchev–Trinajstić information content (AvgIpc) is 2.72. The van der Waals surface area contributed by atoms with E-state index >= 15 is 0 Å². The molecule has 0 aromatic rings. The maximum atomic E-state index is 13.5. The van der Waals surface area contributed by atoms with Crippen LogP contribution in [0.2, 0.25) is 0 Å². The lowest BCUT2D eigenvalue weighted by Gasteiger charge is -2.71. The van der Waals surface area contributed by atoms with Gasteiger partial charge in [-0.15, -0.1) is 0 Å². The van der Waals surface area contributed by atoms with Gasteiger partial charge in [-0.1, -0.05) is 60.1 Å². The molecule has 0 amide bonds. The molecule has 5 aliphatic carbocycles. The van der Waals surface area contributed by atoms with Crippen LogP contribution in [0.4, 0.5) is 0 Å². The van der Waals surface area contributed by atoms with Crippen molar-refractivity contribution in [2.24, 2.45) is 56.7 Å². The number of hydrogen-bond donors (Lipinski definition) is 3. The number of fused-ring (bicyclic) bond motifs is 7. The molecule has 4 saturated carbocycles. The lowest BCUT2D eigenvalue weighted by Crippen LogP contribution is -2.70. The molecule has 11 atom stereocenters. The largest absolute Gasteiger partial charge is 0.481 e. The molecule has 0 bridgehead atoms. The SMILES string of the molecule is C[C@H]1[C@H](C)CC[C@]2(C)CC[C@]3(C(=O)O)C(=CC[C@@H]4[C@@]5(C)CCC(O)C(C)(C)C5C(O)C[C@]43C)[C@H]12. The van der Waals surface area contributed by atoms with Gasteiger partial charge in [0.15, 0.2) is 0 Å². The van der Waals surface area contributed by atoms with Crippen LogP contribution < -0.4 is 0 Å². The second kappa shape index (κ2) is 7.34. The monoisotopic (exact) mass is 472 g/mol. The quantitative estimate of drug-likeness (QED) is 0.405. The molecule has 0 spiro atoms. The number of hydrogen-bond acceptors (Lipinski definition) is 3. The number of carbonyl (C=O) groups is 1. The van der Waals surface area contributed by atoms with Crippen molar-refractivity contribution in [3.05, 3.63) is 11.6 Å². The van der Waals surface area contributed by atoms with Crippen molar-refractivity contribution in [3.8, 4) is 0 Å². The van der Waals surface area contributed by atoms with E-state index in [1.54, 1.807) is 0 Å². The number of aliphatic carboxylic acids is 1. The van der Waals surface area contributed by atoms with Gasteiger partial charge in [-0.05, 0) is 103 Å². The van der Waals surface area contributed by atoms with Crippen LogP contribution in [0.5, 0.6) is 0 Å². The van der Waals surface area contributed by atoms with E-state index in [2.05, 4.69) is 54.5 Å². The van der Waals surface area contributed by atoms with E-state index in [0.717, 1.165) is 25.7 Å². The van der Waals surface area contributed by atoms with Gasteiger partial charge in [0.1, 0.15) is 0 Å². The first-order chi connectivity index (χ1) is 15.7. The third kappa shape index (κ3) is 2.76. The molecule has 0 aromatic heterocycles. The maximum Gasteiger partial charge on any atom is 0.314 e. The number of allylic oxidation sites excluding steroid dienone is 1.